The van der Waals surface area contributed by atoms with Crippen LogP contribution in [0, 0.1) is 6.92 Å². The lowest BCUT2D eigenvalue weighted by Gasteiger charge is -2.36. The second-order valence-electron chi connectivity index (χ2n) is 6.78. The molecule has 0 aromatic heterocycles. The zero-order valence-electron chi connectivity index (χ0n) is 16.1. The molecule has 5 nitrogen and oxygen atoms in total. The quantitative estimate of drug-likeness (QED) is 0.811. The van der Waals surface area contributed by atoms with E-state index >= 15 is 0 Å². The van der Waals surface area contributed by atoms with Crippen LogP contribution in [0.15, 0.2) is 42.5 Å². The number of hydrogen-bond acceptors (Lipinski definition) is 4. The highest BCUT2D eigenvalue weighted by Gasteiger charge is 2.17. The Labute approximate surface area is 163 Å². The van der Waals surface area contributed by atoms with E-state index in [0.717, 1.165) is 38.3 Å². The predicted molar refractivity (Wildman–Crippen MR) is 107 cm³/mol. The maximum atomic E-state index is 12.4. The average molecular weight is 389 g/mol. The first-order valence-corrected chi connectivity index (χ1v) is 9.40. The third-order valence-electron chi connectivity index (χ3n) is 4.94. The second kappa shape index (κ2) is 9.01. The Hall–Kier alpha value is -2.67. The van der Waals surface area contributed by atoms with Crippen LogP contribution in [0.3, 0.4) is 0 Å². The van der Waals surface area contributed by atoms with E-state index in [1.165, 1.54) is 23.9 Å². The molecular weight excluding hydrogens is 364 g/mol. The normalized spacial score (nSPS) is 15.0. The smallest absolute Gasteiger partial charge is 0.387 e. The molecule has 150 valence electrons. The van der Waals surface area contributed by atoms with Gasteiger partial charge in [-0.05, 0) is 55.4 Å². The molecule has 0 aliphatic carbocycles. The van der Waals surface area contributed by atoms with E-state index in [2.05, 4.69) is 26.8 Å². The minimum atomic E-state index is -2.92. The number of amides is 1. The number of rotatable bonds is 6. The summed E-state index contributed by atoms with van der Waals surface area (Å²) in [6.07, 6.45) is 0. The number of nitrogens with one attached hydrogen (secondary N) is 1. The number of halogens is 2. The van der Waals surface area contributed by atoms with Gasteiger partial charge in [-0.25, -0.2) is 0 Å². The van der Waals surface area contributed by atoms with Gasteiger partial charge in [0.2, 0.25) is 0 Å². The summed E-state index contributed by atoms with van der Waals surface area (Å²) in [5.41, 5.74) is 3.17. The fraction of sp³-hybridized carbons (Fsp3) is 0.381. The monoisotopic (exact) mass is 389 g/mol. The van der Waals surface area contributed by atoms with Gasteiger partial charge in [0.05, 0.1) is 0 Å². The third-order valence-corrected chi connectivity index (χ3v) is 4.94. The lowest BCUT2D eigenvalue weighted by Crippen LogP contribution is -2.46. The van der Waals surface area contributed by atoms with Crippen molar-refractivity contribution in [3.8, 4) is 5.75 Å². The van der Waals surface area contributed by atoms with Crippen LogP contribution in [0.2, 0.25) is 0 Å². The molecule has 0 unspecified atom stereocenters. The molecule has 0 atom stereocenters. The summed E-state index contributed by atoms with van der Waals surface area (Å²) >= 11 is 0. The summed E-state index contributed by atoms with van der Waals surface area (Å²) < 4.78 is 29.0. The van der Waals surface area contributed by atoms with Gasteiger partial charge in [-0.2, -0.15) is 8.78 Å². The van der Waals surface area contributed by atoms with Crippen molar-refractivity contribution in [1.82, 2.24) is 4.90 Å². The molecule has 1 aliphatic rings. The third kappa shape index (κ3) is 4.98. The first-order valence-electron chi connectivity index (χ1n) is 9.40. The van der Waals surface area contributed by atoms with E-state index in [1.807, 2.05) is 25.1 Å². The van der Waals surface area contributed by atoms with E-state index in [-0.39, 0.29) is 17.2 Å². The van der Waals surface area contributed by atoms with Gasteiger partial charge in [-0.3, -0.25) is 4.79 Å². The topological polar surface area (TPSA) is 44.8 Å². The minimum Gasteiger partial charge on any atom is -0.435 e. The molecule has 2 aromatic carbocycles. The summed E-state index contributed by atoms with van der Waals surface area (Å²) in [5, 5.41) is 2.82. The van der Waals surface area contributed by atoms with Gasteiger partial charge < -0.3 is 19.9 Å². The highest BCUT2D eigenvalue weighted by molar-refractivity contribution is 6.04. The number of hydrogen-bond donors (Lipinski definition) is 1. The van der Waals surface area contributed by atoms with Gasteiger partial charge in [0.1, 0.15) is 5.75 Å². The molecule has 0 radical (unpaired) electrons. The van der Waals surface area contributed by atoms with Crippen molar-refractivity contribution in [3.05, 3.63) is 53.6 Å². The summed E-state index contributed by atoms with van der Waals surface area (Å²) in [7, 11) is 0. The molecule has 2 aromatic rings. The number of aryl methyl sites for hydroxylation is 1. The zero-order chi connectivity index (χ0) is 20.1. The SMILES string of the molecule is CCN1CCN(c2ccc(NC(=O)c3cccc(OC(F)F)c3)cc2C)CC1. The van der Waals surface area contributed by atoms with Gasteiger partial charge in [-0.1, -0.05) is 13.0 Å². The summed E-state index contributed by atoms with van der Waals surface area (Å²) in [6, 6.07) is 11.6. The first-order chi connectivity index (χ1) is 13.5. The summed E-state index contributed by atoms with van der Waals surface area (Å²) in [5.74, 6) is -0.413. The first kappa shape index (κ1) is 20.1. The highest BCUT2D eigenvalue weighted by Crippen LogP contribution is 2.25. The van der Waals surface area contributed by atoms with Crippen molar-refractivity contribution < 1.29 is 18.3 Å². The molecule has 1 aliphatic heterocycles. The van der Waals surface area contributed by atoms with Crippen LogP contribution in [0.5, 0.6) is 5.75 Å². The molecule has 1 amide bonds. The van der Waals surface area contributed by atoms with E-state index in [4.69, 9.17) is 0 Å². The van der Waals surface area contributed by atoms with Gasteiger partial charge in [-0.15, -0.1) is 0 Å². The van der Waals surface area contributed by atoms with Crippen molar-refractivity contribution in [1.29, 1.82) is 0 Å². The van der Waals surface area contributed by atoms with Crippen LogP contribution in [0.25, 0.3) is 0 Å². The van der Waals surface area contributed by atoms with Crippen LogP contribution in [0.4, 0.5) is 20.2 Å². The Morgan fingerprint density at radius 2 is 1.89 bits per heavy atom. The maximum absolute atomic E-state index is 12.4. The van der Waals surface area contributed by atoms with Crippen molar-refractivity contribution in [2.45, 2.75) is 20.5 Å². The van der Waals surface area contributed by atoms with Crippen molar-refractivity contribution in [2.24, 2.45) is 0 Å². The Morgan fingerprint density at radius 3 is 2.54 bits per heavy atom. The Bertz CT molecular complexity index is 821. The molecule has 0 saturated carbocycles. The molecule has 1 heterocycles. The van der Waals surface area contributed by atoms with Crippen molar-refractivity contribution in [2.75, 3.05) is 42.9 Å². The molecule has 1 N–H and O–H groups in total. The second-order valence-corrected chi connectivity index (χ2v) is 6.78. The number of alkyl halides is 2. The number of likely N-dealkylation sites (N-methyl/N-ethyl adjacent to an activating group) is 1. The van der Waals surface area contributed by atoms with E-state index in [1.54, 1.807) is 6.07 Å². The van der Waals surface area contributed by atoms with E-state index in [9.17, 15) is 13.6 Å². The van der Waals surface area contributed by atoms with Gasteiger partial charge in [0, 0.05) is 43.1 Å². The number of anilines is 2. The molecule has 0 bridgehead atoms. The van der Waals surface area contributed by atoms with Crippen LogP contribution in [-0.2, 0) is 0 Å². The van der Waals surface area contributed by atoms with Crippen LogP contribution >= 0.6 is 0 Å². The number of benzene rings is 2. The number of nitrogens with zero attached hydrogens (tertiary/aromatic N) is 2. The summed E-state index contributed by atoms with van der Waals surface area (Å²) in [4.78, 5) is 17.2. The van der Waals surface area contributed by atoms with Crippen LogP contribution < -0.4 is 15.0 Å². The highest BCUT2D eigenvalue weighted by atomic mass is 19.3. The van der Waals surface area contributed by atoms with Gasteiger partial charge in [0.15, 0.2) is 0 Å². The fourth-order valence-electron chi connectivity index (χ4n) is 3.41. The van der Waals surface area contributed by atoms with Crippen LogP contribution in [0.1, 0.15) is 22.8 Å². The average Bonchev–Trinajstić information content (AvgIpc) is 2.68. The Morgan fingerprint density at radius 1 is 1.14 bits per heavy atom. The maximum Gasteiger partial charge on any atom is 0.387 e. The molecule has 7 heteroatoms. The molecule has 28 heavy (non-hydrogen) atoms. The summed E-state index contributed by atoms with van der Waals surface area (Å²) in [6.45, 7) is 6.40. The predicted octanol–water partition coefficient (Wildman–Crippen LogP) is 3.99. The number of carbonyl (C=O) groups is 1. The van der Waals surface area contributed by atoms with Gasteiger partial charge >= 0.3 is 6.61 Å². The largest absolute Gasteiger partial charge is 0.435 e. The molecule has 3 rings (SSSR count). The zero-order valence-corrected chi connectivity index (χ0v) is 16.1. The van der Waals surface area contributed by atoms with Gasteiger partial charge in [0.25, 0.3) is 5.91 Å². The number of carbonyl (C=O) groups excluding carboxylic acids is 1. The molecule has 0 spiro atoms. The van der Waals surface area contributed by atoms with Crippen molar-refractivity contribution >= 4 is 17.3 Å². The standard InChI is InChI=1S/C21H25F2N3O2/c1-3-25-9-11-26(12-10-25)19-8-7-17(13-15(19)2)24-20(27)16-5-4-6-18(14-16)28-21(22)23/h4-8,13-14,21H,3,9-12H2,1-2H3,(H,24,27). The molecule has 1 fully saturated rings. The van der Waals surface area contributed by atoms with E-state index < -0.39 is 6.61 Å². The number of piperazine rings is 1. The Balaban J connectivity index is 1.67. The fourth-order valence-corrected chi connectivity index (χ4v) is 3.41. The lowest BCUT2D eigenvalue weighted by atomic mass is 10.1. The van der Waals surface area contributed by atoms with Crippen LogP contribution in [-0.4, -0.2) is 50.1 Å². The molecule has 1 saturated heterocycles. The minimum absolute atomic E-state index is 0.0413. The lowest BCUT2D eigenvalue weighted by molar-refractivity contribution is -0.0498. The molecular formula is C21H25F2N3O2. The number of ether oxygens (including phenoxy) is 1. The Kier molecular flexibility index (Phi) is 6.46. The van der Waals surface area contributed by atoms with Crippen molar-refractivity contribution in [3.63, 3.8) is 0 Å². The van der Waals surface area contributed by atoms with E-state index in [0.29, 0.717) is 5.69 Å².